The second-order valence-electron chi connectivity index (χ2n) is 2.04. The van der Waals surface area contributed by atoms with Crippen molar-refractivity contribution in [2.24, 2.45) is 0 Å². The molecule has 1 N–H and O–H groups in total. The molecular formula is C8H8NO3. The Hall–Kier alpha value is -1.58. The smallest absolute Gasteiger partial charge is 0.340 e. The molecule has 0 fully saturated rings. The second kappa shape index (κ2) is 3.71. The average molecular weight is 166 g/mol. The van der Waals surface area contributed by atoms with E-state index in [0.717, 1.165) is 0 Å². The van der Waals surface area contributed by atoms with Crippen LogP contribution in [0.5, 0.6) is 5.88 Å². The zero-order chi connectivity index (χ0) is 8.97. The standard InChI is InChI=1S/C8H8NO3/c1-2-12-8(11)6-3-4-7(10)9-5-6/h4-5H,2H2,1H3,(H,9,10). The predicted molar refractivity (Wildman–Crippen MR) is 40.7 cm³/mol. The third kappa shape index (κ3) is 1.95. The fourth-order valence-corrected chi connectivity index (χ4v) is 0.668. The van der Waals surface area contributed by atoms with Crippen molar-refractivity contribution in [3.63, 3.8) is 0 Å². The number of nitrogens with zero attached hydrogens (tertiary/aromatic N) is 1. The summed E-state index contributed by atoms with van der Waals surface area (Å²) < 4.78 is 4.68. The van der Waals surface area contributed by atoms with Crippen LogP contribution in [-0.2, 0) is 4.74 Å². The number of ether oxygens (including phenoxy) is 1. The van der Waals surface area contributed by atoms with Gasteiger partial charge in [-0.2, -0.15) is 0 Å². The van der Waals surface area contributed by atoms with Gasteiger partial charge in [-0.3, -0.25) is 0 Å². The topological polar surface area (TPSA) is 59.4 Å². The molecule has 63 valence electrons. The van der Waals surface area contributed by atoms with E-state index in [2.05, 4.69) is 15.8 Å². The number of carbonyl (C=O) groups is 1. The van der Waals surface area contributed by atoms with E-state index in [9.17, 15) is 4.79 Å². The lowest BCUT2D eigenvalue weighted by Gasteiger charge is -1.99. The number of hydrogen-bond donors (Lipinski definition) is 1. The Morgan fingerprint density at radius 2 is 2.58 bits per heavy atom. The molecule has 0 aliphatic carbocycles. The normalized spacial score (nSPS) is 9.42. The zero-order valence-corrected chi connectivity index (χ0v) is 6.57. The molecule has 0 saturated heterocycles. The Morgan fingerprint density at radius 1 is 1.83 bits per heavy atom. The summed E-state index contributed by atoms with van der Waals surface area (Å²) in [6, 6.07) is 3.75. The first-order chi connectivity index (χ1) is 5.74. The van der Waals surface area contributed by atoms with Gasteiger partial charge in [-0.25, -0.2) is 9.78 Å². The number of pyridine rings is 1. The van der Waals surface area contributed by atoms with Gasteiger partial charge in [0.2, 0.25) is 5.88 Å². The van der Waals surface area contributed by atoms with Crippen LogP contribution in [0.3, 0.4) is 0 Å². The van der Waals surface area contributed by atoms with E-state index >= 15 is 0 Å². The summed E-state index contributed by atoms with van der Waals surface area (Å²) in [6.45, 7) is 2.03. The highest BCUT2D eigenvalue weighted by atomic mass is 16.5. The highest BCUT2D eigenvalue weighted by molar-refractivity contribution is 5.88. The van der Waals surface area contributed by atoms with Gasteiger partial charge >= 0.3 is 5.97 Å². The lowest BCUT2D eigenvalue weighted by Crippen LogP contribution is -2.04. The van der Waals surface area contributed by atoms with Crippen molar-refractivity contribution in [3.05, 3.63) is 23.9 Å². The van der Waals surface area contributed by atoms with E-state index in [1.54, 1.807) is 6.92 Å². The maximum Gasteiger partial charge on any atom is 0.340 e. The van der Waals surface area contributed by atoms with Crippen LogP contribution in [0.15, 0.2) is 12.3 Å². The molecule has 4 nitrogen and oxygen atoms in total. The van der Waals surface area contributed by atoms with Crippen LogP contribution in [0.4, 0.5) is 0 Å². The molecule has 1 radical (unpaired) electrons. The van der Waals surface area contributed by atoms with Gasteiger partial charge in [0.05, 0.1) is 12.2 Å². The summed E-state index contributed by atoms with van der Waals surface area (Å²) in [7, 11) is 0. The molecule has 0 amide bonds. The summed E-state index contributed by atoms with van der Waals surface area (Å²) in [6.07, 6.45) is 1.22. The molecule has 1 aromatic rings. The van der Waals surface area contributed by atoms with E-state index < -0.39 is 5.97 Å². The van der Waals surface area contributed by atoms with E-state index in [1.807, 2.05) is 0 Å². The molecule has 1 heterocycles. The second-order valence-corrected chi connectivity index (χ2v) is 2.04. The van der Waals surface area contributed by atoms with E-state index in [0.29, 0.717) is 6.61 Å². The van der Waals surface area contributed by atoms with Crippen molar-refractivity contribution in [3.8, 4) is 5.88 Å². The molecule has 1 aromatic heterocycles. The maximum absolute atomic E-state index is 11.0. The first-order valence-corrected chi connectivity index (χ1v) is 3.48. The molecule has 0 aliphatic rings. The Balaban J connectivity index is 2.75. The van der Waals surface area contributed by atoms with Crippen LogP contribution in [-0.4, -0.2) is 22.7 Å². The fraction of sp³-hybridized carbons (Fsp3) is 0.250. The molecule has 1 rings (SSSR count). The monoisotopic (exact) mass is 166 g/mol. The van der Waals surface area contributed by atoms with Crippen molar-refractivity contribution in [1.29, 1.82) is 0 Å². The molecule has 12 heavy (non-hydrogen) atoms. The summed E-state index contributed by atoms with van der Waals surface area (Å²) >= 11 is 0. The molecule has 0 spiro atoms. The third-order valence-electron chi connectivity index (χ3n) is 1.18. The summed E-state index contributed by atoms with van der Waals surface area (Å²) in [4.78, 5) is 14.5. The number of esters is 1. The van der Waals surface area contributed by atoms with Crippen LogP contribution in [0.2, 0.25) is 0 Å². The van der Waals surface area contributed by atoms with Crippen molar-refractivity contribution in [2.75, 3.05) is 6.61 Å². The van der Waals surface area contributed by atoms with E-state index in [4.69, 9.17) is 5.11 Å². The van der Waals surface area contributed by atoms with Crippen molar-refractivity contribution in [2.45, 2.75) is 6.92 Å². The molecule has 0 saturated carbocycles. The van der Waals surface area contributed by atoms with Crippen LogP contribution < -0.4 is 0 Å². The van der Waals surface area contributed by atoms with E-state index in [1.165, 1.54) is 12.3 Å². The van der Waals surface area contributed by atoms with Gasteiger partial charge in [-0.1, -0.05) is 0 Å². The molecule has 0 aromatic carbocycles. The largest absolute Gasteiger partial charge is 0.493 e. The minimum atomic E-state index is -0.481. The molecule has 4 heteroatoms. The first kappa shape index (κ1) is 8.52. The third-order valence-corrected chi connectivity index (χ3v) is 1.18. The fourth-order valence-electron chi connectivity index (χ4n) is 0.668. The predicted octanol–water partition coefficient (Wildman–Crippen LogP) is 0.764. The summed E-state index contributed by atoms with van der Waals surface area (Å²) in [5, 5.41) is 8.77. The summed E-state index contributed by atoms with van der Waals surface area (Å²) in [5.74, 6) is -0.645. The van der Waals surface area contributed by atoms with Crippen LogP contribution in [0.1, 0.15) is 17.3 Å². The first-order valence-electron chi connectivity index (χ1n) is 3.48. The average Bonchev–Trinajstić information content (AvgIpc) is 2.06. The highest BCUT2D eigenvalue weighted by Gasteiger charge is 2.05. The maximum atomic E-state index is 11.0. The van der Waals surface area contributed by atoms with Crippen molar-refractivity contribution < 1.29 is 14.6 Å². The van der Waals surface area contributed by atoms with Gasteiger partial charge in [-0.15, -0.1) is 0 Å². The Morgan fingerprint density at radius 3 is 3.08 bits per heavy atom. The lowest BCUT2D eigenvalue weighted by atomic mass is 10.3. The minimum Gasteiger partial charge on any atom is -0.493 e. The number of aromatic hydroxyl groups is 1. The Labute approximate surface area is 69.8 Å². The van der Waals surface area contributed by atoms with Crippen molar-refractivity contribution in [1.82, 2.24) is 4.98 Å². The van der Waals surface area contributed by atoms with Crippen LogP contribution in [0.25, 0.3) is 0 Å². The zero-order valence-electron chi connectivity index (χ0n) is 6.57. The number of aromatic nitrogens is 1. The van der Waals surface area contributed by atoms with Crippen LogP contribution in [0, 0.1) is 6.07 Å². The number of hydrogen-bond acceptors (Lipinski definition) is 4. The van der Waals surface area contributed by atoms with Gasteiger partial charge < -0.3 is 9.84 Å². The molecule has 0 aliphatic heterocycles. The van der Waals surface area contributed by atoms with Gasteiger partial charge in [0.1, 0.15) is 0 Å². The van der Waals surface area contributed by atoms with Crippen LogP contribution >= 0.6 is 0 Å². The van der Waals surface area contributed by atoms with E-state index in [-0.39, 0.29) is 11.4 Å². The lowest BCUT2D eigenvalue weighted by molar-refractivity contribution is 0.0525. The molecule has 0 unspecified atom stereocenters. The molecule has 0 atom stereocenters. The van der Waals surface area contributed by atoms with Gasteiger partial charge in [0.15, 0.2) is 0 Å². The quantitative estimate of drug-likeness (QED) is 0.659. The Bertz CT molecular complexity index is 268. The number of rotatable bonds is 2. The Kier molecular flexibility index (Phi) is 2.63. The molecule has 0 bridgehead atoms. The number of carbonyl (C=O) groups excluding carboxylic acids is 1. The molecular weight excluding hydrogens is 158 g/mol. The SMILES string of the molecule is CCOC(=O)c1[c]cc(O)nc1. The van der Waals surface area contributed by atoms with Gasteiger partial charge in [0.25, 0.3) is 0 Å². The minimum absolute atomic E-state index is 0.164. The van der Waals surface area contributed by atoms with Gasteiger partial charge in [0, 0.05) is 18.3 Å². The highest BCUT2D eigenvalue weighted by Crippen LogP contribution is 2.04. The van der Waals surface area contributed by atoms with Crippen molar-refractivity contribution >= 4 is 5.97 Å². The van der Waals surface area contributed by atoms with Gasteiger partial charge in [-0.05, 0) is 6.92 Å². The summed E-state index contributed by atoms with van der Waals surface area (Å²) in [5.41, 5.74) is 0.217.